The summed E-state index contributed by atoms with van der Waals surface area (Å²) in [4.78, 5) is 21.4. The van der Waals surface area contributed by atoms with Crippen LogP contribution in [-0.2, 0) is 14.5 Å². The van der Waals surface area contributed by atoms with Crippen LogP contribution in [-0.4, -0.2) is 53.1 Å². The molecule has 1 fully saturated rings. The number of hydrogen-bond donors (Lipinski definition) is 4. The summed E-state index contributed by atoms with van der Waals surface area (Å²) < 4.78 is 26.9. The smallest absolute Gasteiger partial charge is 0.333 e. The zero-order chi connectivity index (χ0) is 22.1. The Morgan fingerprint density at radius 2 is 2.23 bits per heavy atom. The van der Waals surface area contributed by atoms with Crippen molar-refractivity contribution in [3.63, 3.8) is 0 Å². The van der Waals surface area contributed by atoms with Gasteiger partial charge in [-0.2, -0.15) is 8.42 Å². The average molecular weight is 477 g/mol. The van der Waals surface area contributed by atoms with Crippen LogP contribution in [0.1, 0.15) is 46.7 Å². The highest BCUT2D eigenvalue weighted by molar-refractivity contribution is 7.84. The maximum Gasteiger partial charge on any atom is 0.333 e. The van der Waals surface area contributed by atoms with Crippen LogP contribution in [0.5, 0.6) is 0 Å². The predicted molar refractivity (Wildman–Crippen MR) is 111 cm³/mol. The van der Waals surface area contributed by atoms with E-state index in [1.54, 1.807) is 6.92 Å². The second-order valence-corrected chi connectivity index (χ2v) is 9.92. The fourth-order valence-corrected chi connectivity index (χ4v) is 5.05. The highest BCUT2D eigenvalue weighted by Gasteiger charge is 2.35. The molecule has 0 bridgehead atoms. The number of thiophene rings is 1. The molecule has 2 heterocycles. The quantitative estimate of drug-likeness (QED) is 0.410. The van der Waals surface area contributed by atoms with Gasteiger partial charge < -0.3 is 15.5 Å². The summed E-state index contributed by atoms with van der Waals surface area (Å²) in [5.74, 6) is -0.514. The van der Waals surface area contributed by atoms with Gasteiger partial charge in [-0.15, -0.1) is 11.3 Å². The lowest BCUT2D eigenvalue weighted by Crippen LogP contribution is -2.24. The number of hydrogen-bond acceptors (Lipinski definition) is 10. The first-order chi connectivity index (χ1) is 14.0. The van der Waals surface area contributed by atoms with Crippen LogP contribution < -0.4 is 10.5 Å². The first-order valence-corrected chi connectivity index (χ1v) is 11.7. The molecule has 0 saturated heterocycles. The standard InChI is InChI=1S/C17H21ClN4O6S2/c1-8(23)11-4-14(29-16(11)18)15(25)12-5-20-7-21-17(12)22-10-2-9(13(24)3-10)6-28-30(19,26)27/h4-5,7-10,13,23-24H,2-3,6H2,1H3,(H2,19,26,27)(H,20,21,22)/t8-,9-,10-,13+/m1/s1. The van der Waals surface area contributed by atoms with E-state index in [-0.39, 0.29) is 29.8 Å². The number of nitrogens with one attached hydrogen (secondary N) is 1. The molecule has 0 spiro atoms. The van der Waals surface area contributed by atoms with Gasteiger partial charge in [-0.05, 0) is 25.8 Å². The molecule has 0 amide bonds. The minimum absolute atomic E-state index is 0.214. The average Bonchev–Trinajstić information content (AvgIpc) is 3.22. The highest BCUT2D eigenvalue weighted by atomic mass is 35.5. The monoisotopic (exact) mass is 476 g/mol. The third kappa shape index (κ3) is 5.52. The van der Waals surface area contributed by atoms with Gasteiger partial charge in [0, 0.05) is 23.7 Å². The molecule has 0 unspecified atom stereocenters. The van der Waals surface area contributed by atoms with Crippen molar-refractivity contribution in [2.24, 2.45) is 11.1 Å². The summed E-state index contributed by atoms with van der Waals surface area (Å²) in [6, 6.07) is 1.27. The van der Waals surface area contributed by atoms with Crippen LogP contribution in [0.25, 0.3) is 0 Å². The van der Waals surface area contributed by atoms with Gasteiger partial charge in [0.2, 0.25) is 5.78 Å². The SMILES string of the molecule is C[C@@H](O)c1cc(C(=O)c2cncnc2N[C@@H]2C[C@H](COS(N)(=O)=O)[C@@H](O)C2)sc1Cl. The van der Waals surface area contributed by atoms with Gasteiger partial charge >= 0.3 is 10.3 Å². The molecule has 0 aromatic carbocycles. The molecule has 1 aliphatic rings. The van der Waals surface area contributed by atoms with Crippen molar-refractivity contribution >= 4 is 44.8 Å². The zero-order valence-corrected chi connectivity index (χ0v) is 18.2. The summed E-state index contributed by atoms with van der Waals surface area (Å²) in [5.41, 5.74) is 0.680. The van der Waals surface area contributed by atoms with Crippen molar-refractivity contribution in [3.8, 4) is 0 Å². The van der Waals surface area contributed by atoms with Crippen LogP contribution in [0.2, 0.25) is 4.34 Å². The van der Waals surface area contributed by atoms with E-state index in [0.29, 0.717) is 27.6 Å². The van der Waals surface area contributed by atoms with Crippen molar-refractivity contribution in [2.75, 3.05) is 11.9 Å². The van der Waals surface area contributed by atoms with Crippen molar-refractivity contribution in [3.05, 3.63) is 38.9 Å². The predicted octanol–water partition coefficient (Wildman–Crippen LogP) is 1.25. The van der Waals surface area contributed by atoms with Crippen molar-refractivity contribution in [1.82, 2.24) is 9.97 Å². The minimum Gasteiger partial charge on any atom is -0.393 e. The van der Waals surface area contributed by atoms with Crippen molar-refractivity contribution < 1.29 is 27.6 Å². The van der Waals surface area contributed by atoms with Crippen LogP contribution in [0.3, 0.4) is 0 Å². The van der Waals surface area contributed by atoms with E-state index in [9.17, 15) is 23.4 Å². The van der Waals surface area contributed by atoms with E-state index in [4.69, 9.17) is 16.7 Å². The Balaban J connectivity index is 1.74. The molecule has 1 saturated carbocycles. The van der Waals surface area contributed by atoms with Crippen LogP contribution >= 0.6 is 22.9 Å². The van der Waals surface area contributed by atoms with Crippen LogP contribution in [0, 0.1) is 5.92 Å². The Labute approximate surface area is 182 Å². The molecule has 13 heteroatoms. The third-order valence-corrected chi connectivity index (χ3v) is 6.64. The molecule has 0 radical (unpaired) electrons. The van der Waals surface area contributed by atoms with E-state index < -0.39 is 28.4 Å². The Bertz CT molecular complexity index is 1030. The van der Waals surface area contributed by atoms with Gasteiger partial charge in [-0.1, -0.05) is 11.6 Å². The number of aromatic nitrogens is 2. The van der Waals surface area contributed by atoms with E-state index in [1.165, 1.54) is 18.6 Å². The number of aliphatic hydroxyl groups excluding tert-OH is 2. The molecule has 3 rings (SSSR count). The summed E-state index contributed by atoms with van der Waals surface area (Å²) in [5, 5.41) is 27.9. The van der Waals surface area contributed by atoms with Crippen LogP contribution in [0.4, 0.5) is 5.82 Å². The number of ketones is 1. The fraction of sp³-hybridized carbons (Fsp3) is 0.471. The normalized spacial score (nSPS) is 22.8. The molecular formula is C17H21ClN4O6S2. The van der Waals surface area contributed by atoms with Gasteiger partial charge in [-0.25, -0.2) is 15.1 Å². The first-order valence-electron chi connectivity index (χ1n) is 8.99. The summed E-state index contributed by atoms with van der Waals surface area (Å²) in [6.45, 7) is 1.33. The van der Waals surface area contributed by atoms with Gasteiger partial charge in [0.15, 0.2) is 0 Å². The summed E-state index contributed by atoms with van der Waals surface area (Å²) in [7, 11) is -4.09. The van der Waals surface area contributed by atoms with E-state index >= 15 is 0 Å². The lowest BCUT2D eigenvalue weighted by atomic mass is 10.1. The molecule has 2 aromatic heterocycles. The zero-order valence-electron chi connectivity index (χ0n) is 15.9. The van der Waals surface area contributed by atoms with Gasteiger partial charge in [0.05, 0.1) is 33.6 Å². The number of nitrogens with zero attached hydrogens (tertiary/aromatic N) is 2. The molecule has 30 heavy (non-hydrogen) atoms. The number of halogens is 1. The maximum atomic E-state index is 13.0. The van der Waals surface area contributed by atoms with Crippen molar-refractivity contribution in [1.29, 1.82) is 0 Å². The number of carbonyl (C=O) groups is 1. The fourth-order valence-electron chi connectivity index (χ4n) is 3.30. The first kappa shape index (κ1) is 23.0. The summed E-state index contributed by atoms with van der Waals surface area (Å²) in [6.07, 6.45) is 1.76. The molecule has 5 N–H and O–H groups in total. The lowest BCUT2D eigenvalue weighted by molar-refractivity contribution is 0.101. The van der Waals surface area contributed by atoms with Gasteiger partial charge in [0.25, 0.3) is 0 Å². The molecule has 10 nitrogen and oxygen atoms in total. The Morgan fingerprint density at radius 1 is 1.50 bits per heavy atom. The largest absolute Gasteiger partial charge is 0.393 e. The van der Waals surface area contributed by atoms with E-state index in [0.717, 1.165) is 11.3 Å². The second kappa shape index (κ2) is 9.22. The highest BCUT2D eigenvalue weighted by Crippen LogP contribution is 2.34. The Morgan fingerprint density at radius 3 is 2.87 bits per heavy atom. The van der Waals surface area contributed by atoms with Gasteiger partial charge in [0.1, 0.15) is 12.1 Å². The number of anilines is 1. The number of rotatable bonds is 8. The lowest BCUT2D eigenvalue weighted by Gasteiger charge is -2.15. The third-order valence-electron chi connectivity index (χ3n) is 4.79. The number of aliphatic hydroxyl groups is 2. The Kier molecular flexibility index (Phi) is 7.07. The second-order valence-electron chi connectivity index (χ2n) is 7.05. The number of nitrogens with two attached hydrogens (primary N) is 1. The number of carbonyl (C=O) groups excluding carboxylic acids is 1. The van der Waals surface area contributed by atoms with Gasteiger partial charge in [-0.3, -0.25) is 8.98 Å². The van der Waals surface area contributed by atoms with Crippen LogP contribution in [0.15, 0.2) is 18.6 Å². The minimum atomic E-state index is -4.09. The summed E-state index contributed by atoms with van der Waals surface area (Å²) >= 11 is 7.16. The molecule has 4 atom stereocenters. The molecule has 164 valence electrons. The van der Waals surface area contributed by atoms with E-state index in [1.807, 2.05) is 0 Å². The van der Waals surface area contributed by atoms with Crippen molar-refractivity contribution in [2.45, 2.75) is 38.0 Å². The molecular weight excluding hydrogens is 456 g/mol. The molecule has 2 aromatic rings. The maximum absolute atomic E-state index is 13.0. The molecule has 1 aliphatic carbocycles. The Hall–Kier alpha value is -1.67. The topological polar surface area (TPSA) is 165 Å². The molecule has 0 aliphatic heterocycles. The van der Waals surface area contributed by atoms with E-state index in [2.05, 4.69) is 19.5 Å².